The molecule has 2 rings (SSSR count). The van der Waals surface area contributed by atoms with Crippen LogP contribution in [0.2, 0.25) is 0 Å². The maximum Gasteiger partial charge on any atom is 0.290 e. The molecule has 1 unspecified atom stereocenters. The summed E-state index contributed by atoms with van der Waals surface area (Å²) in [7, 11) is 0. The number of aromatic nitrogens is 2. The highest BCUT2D eigenvalue weighted by atomic mass is 16.1. The van der Waals surface area contributed by atoms with E-state index in [-0.39, 0.29) is 17.3 Å². The second kappa shape index (κ2) is 4.49. The molecule has 1 aromatic carbocycles. The van der Waals surface area contributed by atoms with E-state index < -0.39 is 0 Å². The van der Waals surface area contributed by atoms with Crippen molar-refractivity contribution >= 4 is 5.69 Å². The molecular weight excluding hydrogens is 214 g/mol. The number of nitrogen functional groups attached to an aromatic ring is 1. The van der Waals surface area contributed by atoms with Crippen LogP contribution >= 0.6 is 0 Å². The van der Waals surface area contributed by atoms with Gasteiger partial charge in [0.25, 0.3) is 5.56 Å². The van der Waals surface area contributed by atoms with E-state index in [1.165, 1.54) is 0 Å². The lowest BCUT2D eigenvalue weighted by Crippen LogP contribution is -2.21. The van der Waals surface area contributed by atoms with Crippen molar-refractivity contribution in [1.29, 1.82) is 0 Å². The van der Waals surface area contributed by atoms with Crippen molar-refractivity contribution in [1.82, 2.24) is 9.78 Å². The second-order valence-corrected chi connectivity index (χ2v) is 4.20. The molecule has 3 N–H and O–H groups in total. The highest BCUT2D eigenvalue weighted by Crippen LogP contribution is 2.22. The third-order valence-corrected chi connectivity index (χ3v) is 3.04. The van der Waals surface area contributed by atoms with E-state index in [0.29, 0.717) is 5.69 Å². The Balaban J connectivity index is 2.55. The molecule has 0 aliphatic rings. The van der Waals surface area contributed by atoms with Gasteiger partial charge in [-0.05, 0) is 13.3 Å². The second-order valence-electron chi connectivity index (χ2n) is 4.20. The van der Waals surface area contributed by atoms with Crippen LogP contribution in [0.15, 0.2) is 35.1 Å². The van der Waals surface area contributed by atoms with Crippen molar-refractivity contribution in [3.63, 3.8) is 0 Å². The molecule has 2 aromatic rings. The number of aromatic amines is 1. The van der Waals surface area contributed by atoms with Gasteiger partial charge in [0.2, 0.25) is 0 Å². The number of anilines is 1. The van der Waals surface area contributed by atoms with Crippen LogP contribution < -0.4 is 11.3 Å². The zero-order valence-corrected chi connectivity index (χ0v) is 10.1. The first-order chi connectivity index (χ1) is 8.15. The van der Waals surface area contributed by atoms with E-state index in [1.807, 2.05) is 44.2 Å². The minimum Gasteiger partial charge on any atom is -0.392 e. The molecule has 1 heterocycles. The number of nitrogens with one attached hydrogen (secondary N) is 1. The minimum absolute atomic E-state index is 0.127. The quantitative estimate of drug-likeness (QED) is 0.852. The Bertz CT molecular complexity index is 554. The molecule has 0 aliphatic heterocycles. The van der Waals surface area contributed by atoms with Crippen LogP contribution in [0.3, 0.4) is 0 Å². The molecule has 4 nitrogen and oxygen atoms in total. The predicted octanol–water partition coefficient (Wildman–Crippen LogP) is 2.40. The van der Waals surface area contributed by atoms with Crippen molar-refractivity contribution in [2.45, 2.75) is 26.3 Å². The SMILES string of the molecule is CCC(C)n1[nH]c(-c2ccccc2)c(N)c1=O. The van der Waals surface area contributed by atoms with Gasteiger partial charge in [-0.15, -0.1) is 0 Å². The molecule has 1 aromatic heterocycles. The first kappa shape index (κ1) is 11.5. The summed E-state index contributed by atoms with van der Waals surface area (Å²) in [6, 6.07) is 9.78. The summed E-state index contributed by atoms with van der Waals surface area (Å²) >= 11 is 0. The van der Waals surface area contributed by atoms with Gasteiger partial charge >= 0.3 is 0 Å². The summed E-state index contributed by atoms with van der Waals surface area (Å²) in [4.78, 5) is 12.0. The summed E-state index contributed by atoms with van der Waals surface area (Å²) in [6.07, 6.45) is 0.883. The fraction of sp³-hybridized carbons (Fsp3) is 0.308. The third kappa shape index (κ3) is 1.98. The average Bonchev–Trinajstić information content (AvgIpc) is 2.67. The normalized spacial score (nSPS) is 12.6. The average molecular weight is 231 g/mol. The Labute approximate surface area is 100 Å². The number of benzene rings is 1. The lowest BCUT2D eigenvalue weighted by atomic mass is 10.1. The summed E-state index contributed by atoms with van der Waals surface area (Å²) in [5.41, 5.74) is 7.65. The highest BCUT2D eigenvalue weighted by Gasteiger charge is 2.15. The van der Waals surface area contributed by atoms with E-state index in [4.69, 9.17) is 5.73 Å². The molecule has 0 spiro atoms. The van der Waals surface area contributed by atoms with Gasteiger partial charge in [0.15, 0.2) is 0 Å². The van der Waals surface area contributed by atoms with Crippen LogP contribution in [-0.2, 0) is 0 Å². The summed E-state index contributed by atoms with van der Waals surface area (Å²) < 4.78 is 1.59. The van der Waals surface area contributed by atoms with Crippen molar-refractivity contribution in [2.75, 3.05) is 5.73 Å². The van der Waals surface area contributed by atoms with E-state index in [1.54, 1.807) is 4.68 Å². The molecule has 17 heavy (non-hydrogen) atoms. The lowest BCUT2D eigenvalue weighted by molar-refractivity contribution is 0.466. The molecule has 0 aliphatic carbocycles. The van der Waals surface area contributed by atoms with Crippen molar-refractivity contribution in [2.24, 2.45) is 0 Å². The van der Waals surface area contributed by atoms with Crippen molar-refractivity contribution in [3.05, 3.63) is 40.7 Å². The van der Waals surface area contributed by atoms with Crippen LogP contribution in [0.1, 0.15) is 26.3 Å². The van der Waals surface area contributed by atoms with Crippen LogP contribution in [0.5, 0.6) is 0 Å². The number of nitrogens with zero attached hydrogens (tertiary/aromatic N) is 1. The Hall–Kier alpha value is -1.97. The zero-order chi connectivity index (χ0) is 12.4. The Morgan fingerprint density at radius 2 is 2.00 bits per heavy atom. The van der Waals surface area contributed by atoms with E-state index >= 15 is 0 Å². The van der Waals surface area contributed by atoms with Gasteiger partial charge in [-0.1, -0.05) is 37.3 Å². The molecule has 0 bridgehead atoms. The molecule has 4 heteroatoms. The minimum atomic E-state index is -0.141. The maximum absolute atomic E-state index is 12.0. The van der Waals surface area contributed by atoms with Crippen LogP contribution in [0, 0.1) is 0 Å². The standard InChI is InChI=1S/C13H17N3O/c1-3-9(2)16-13(17)11(14)12(15-16)10-7-5-4-6-8-10/h4-9,15H,3,14H2,1-2H3. The molecule has 0 radical (unpaired) electrons. The van der Waals surface area contributed by atoms with Gasteiger partial charge in [-0.3, -0.25) is 9.89 Å². The number of hydrogen-bond donors (Lipinski definition) is 2. The Morgan fingerprint density at radius 1 is 1.35 bits per heavy atom. The summed E-state index contributed by atoms with van der Waals surface area (Å²) in [5, 5.41) is 3.10. The number of H-pyrrole nitrogens is 1. The fourth-order valence-corrected chi connectivity index (χ4v) is 1.79. The van der Waals surface area contributed by atoms with E-state index in [9.17, 15) is 4.79 Å². The fourth-order valence-electron chi connectivity index (χ4n) is 1.79. The Morgan fingerprint density at radius 3 is 2.59 bits per heavy atom. The zero-order valence-electron chi connectivity index (χ0n) is 10.1. The predicted molar refractivity (Wildman–Crippen MR) is 69.9 cm³/mol. The van der Waals surface area contributed by atoms with Gasteiger partial charge in [0, 0.05) is 5.56 Å². The summed E-state index contributed by atoms with van der Waals surface area (Å²) in [6.45, 7) is 4.03. The van der Waals surface area contributed by atoms with Crippen LogP contribution in [0.4, 0.5) is 5.69 Å². The molecule has 0 amide bonds. The van der Waals surface area contributed by atoms with E-state index in [2.05, 4.69) is 5.10 Å². The van der Waals surface area contributed by atoms with Crippen LogP contribution in [-0.4, -0.2) is 9.78 Å². The molecule has 0 saturated carbocycles. The highest BCUT2D eigenvalue weighted by molar-refractivity contribution is 5.71. The van der Waals surface area contributed by atoms with Gasteiger partial charge in [0.1, 0.15) is 5.69 Å². The maximum atomic E-state index is 12.0. The molecule has 90 valence electrons. The van der Waals surface area contributed by atoms with Crippen molar-refractivity contribution < 1.29 is 0 Å². The molecule has 0 fully saturated rings. The largest absolute Gasteiger partial charge is 0.392 e. The molecule has 1 atom stereocenters. The third-order valence-electron chi connectivity index (χ3n) is 3.04. The van der Waals surface area contributed by atoms with Crippen molar-refractivity contribution in [3.8, 4) is 11.3 Å². The monoisotopic (exact) mass is 231 g/mol. The van der Waals surface area contributed by atoms with Gasteiger partial charge < -0.3 is 5.73 Å². The first-order valence-corrected chi connectivity index (χ1v) is 5.80. The number of hydrogen-bond acceptors (Lipinski definition) is 2. The Kier molecular flexibility index (Phi) is 3.04. The summed E-state index contributed by atoms with van der Waals surface area (Å²) in [5.74, 6) is 0. The number of rotatable bonds is 3. The van der Waals surface area contributed by atoms with E-state index in [0.717, 1.165) is 12.0 Å². The molecular formula is C13H17N3O. The lowest BCUT2D eigenvalue weighted by Gasteiger charge is -2.08. The molecule has 0 saturated heterocycles. The van der Waals surface area contributed by atoms with Gasteiger partial charge in [-0.25, -0.2) is 4.68 Å². The van der Waals surface area contributed by atoms with Gasteiger partial charge in [-0.2, -0.15) is 0 Å². The van der Waals surface area contributed by atoms with Crippen LogP contribution in [0.25, 0.3) is 11.3 Å². The topological polar surface area (TPSA) is 63.8 Å². The number of nitrogens with two attached hydrogens (primary N) is 1. The smallest absolute Gasteiger partial charge is 0.290 e. The van der Waals surface area contributed by atoms with Gasteiger partial charge in [0.05, 0.1) is 11.7 Å². The first-order valence-electron chi connectivity index (χ1n) is 5.80.